The van der Waals surface area contributed by atoms with Crippen molar-refractivity contribution in [3.05, 3.63) is 157 Å². The number of hydrogen-bond donors (Lipinski definition) is 0. The van der Waals surface area contributed by atoms with Crippen LogP contribution in [0.5, 0.6) is 11.5 Å². The number of fused-ring (bicyclic) bond motifs is 7. The van der Waals surface area contributed by atoms with E-state index < -0.39 is 0 Å². The van der Waals surface area contributed by atoms with Gasteiger partial charge in [-0.3, -0.25) is 0 Å². The minimum Gasteiger partial charge on any atom is -0.456 e. The Kier molecular flexibility index (Phi) is 5.12. The minimum absolute atomic E-state index is 0.100. The average Bonchev–Trinajstić information content (AvgIpc) is 3.32. The Labute approximate surface area is 268 Å². The molecule has 0 aromatic heterocycles. The van der Waals surface area contributed by atoms with Gasteiger partial charge >= 0.3 is 0 Å². The summed E-state index contributed by atoms with van der Waals surface area (Å²) in [6.45, 7) is 4.75. The van der Waals surface area contributed by atoms with Crippen LogP contribution in [-0.4, -0.2) is 0 Å². The molecule has 0 spiro atoms. The maximum Gasteiger partial charge on any atom is 0.135 e. The first kappa shape index (κ1) is 25.6. The summed E-state index contributed by atoms with van der Waals surface area (Å²) >= 11 is 0. The zero-order valence-corrected chi connectivity index (χ0v) is 25.8. The Morgan fingerprint density at radius 2 is 1.11 bits per heavy atom. The molecule has 10 rings (SSSR count). The topological polar surface area (TPSA) is 9.23 Å². The molecule has 1 heteroatoms. The van der Waals surface area contributed by atoms with E-state index in [0.29, 0.717) is 0 Å². The first-order valence-corrected chi connectivity index (χ1v) is 16.1. The summed E-state index contributed by atoms with van der Waals surface area (Å²) in [7, 11) is 0. The smallest absolute Gasteiger partial charge is 0.135 e. The molecule has 0 fully saturated rings. The molecule has 1 aliphatic carbocycles. The monoisotopic (exact) mass is 586 g/mol. The number of rotatable bonds is 2. The molecule has 0 atom stereocenters. The van der Waals surface area contributed by atoms with E-state index in [4.69, 9.17) is 4.74 Å². The van der Waals surface area contributed by atoms with Crippen molar-refractivity contribution < 1.29 is 4.74 Å². The molecule has 0 saturated heterocycles. The van der Waals surface area contributed by atoms with Crippen LogP contribution in [0.4, 0.5) is 0 Å². The fourth-order valence-electron chi connectivity index (χ4n) is 8.14. The van der Waals surface area contributed by atoms with Crippen LogP contribution < -0.4 is 4.74 Å². The quantitative estimate of drug-likeness (QED) is 0.196. The summed E-state index contributed by atoms with van der Waals surface area (Å²) in [4.78, 5) is 0. The summed E-state index contributed by atoms with van der Waals surface area (Å²) in [5, 5.41) is 7.47. The highest BCUT2D eigenvalue weighted by Gasteiger charge is 2.37. The van der Waals surface area contributed by atoms with Gasteiger partial charge in [0.1, 0.15) is 11.5 Å². The van der Waals surface area contributed by atoms with Crippen molar-refractivity contribution in [3.8, 4) is 56.0 Å². The van der Waals surface area contributed by atoms with Crippen LogP contribution in [-0.2, 0) is 5.41 Å². The van der Waals surface area contributed by atoms with Crippen LogP contribution in [0, 0.1) is 0 Å². The van der Waals surface area contributed by atoms with Gasteiger partial charge in [0.25, 0.3) is 0 Å². The van der Waals surface area contributed by atoms with Crippen molar-refractivity contribution >= 4 is 32.3 Å². The van der Waals surface area contributed by atoms with Gasteiger partial charge in [0, 0.05) is 16.4 Å². The van der Waals surface area contributed by atoms with Gasteiger partial charge in [-0.15, -0.1) is 0 Å². The van der Waals surface area contributed by atoms with E-state index in [1.54, 1.807) is 0 Å². The fraction of sp³-hybridized carbons (Fsp3) is 0.0667. The fourth-order valence-corrected chi connectivity index (χ4v) is 8.14. The molecule has 8 aromatic rings. The first-order chi connectivity index (χ1) is 22.5. The van der Waals surface area contributed by atoms with Crippen LogP contribution in [0.2, 0.25) is 0 Å². The van der Waals surface area contributed by atoms with Gasteiger partial charge in [0.2, 0.25) is 0 Å². The minimum atomic E-state index is -0.100. The molecule has 0 saturated carbocycles. The molecule has 1 nitrogen and oxygen atoms in total. The zero-order valence-electron chi connectivity index (χ0n) is 25.8. The van der Waals surface area contributed by atoms with Crippen molar-refractivity contribution in [1.82, 2.24) is 0 Å². The lowest BCUT2D eigenvalue weighted by molar-refractivity contribution is 0.487. The Hall–Kier alpha value is -5.66. The third-order valence-electron chi connectivity index (χ3n) is 10.4. The van der Waals surface area contributed by atoms with E-state index in [2.05, 4.69) is 159 Å². The molecule has 0 unspecified atom stereocenters. The van der Waals surface area contributed by atoms with Gasteiger partial charge in [-0.1, -0.05) is 123 Å². The SMILES string of the molecule is CC1(C)c2ccccc2-c2c1cc1cc(-c3ccc4c(c3)-c3cccc5cccc(c35)O4)ccc1c2-c1ccc2ccccc2c1. The van der Waals surface area contributed by atoms with Crippen LogP contribution in [0.25, 0.3) is 76.8 Å². The van der Waals surface area contributed by atoms with E-state index in [-0.39, 0.29) is 5.41 Å². The maximum atomic E-state index is 6.41. The molecule has 46 heavy (non-hydrogen) atoms. The van der Waals surface area contributed by atoms with E-state index in [1.807, 2.05) is 0 Å². The standard InChI is InChI=1S/C45H30O/c1-45(2)38-15-6-5-13-36(38)44-39(45)26-33-24-30(19-21-34(33)43(44)32-18-17-27-9-3-4-10-29(27)23-32)31-20-22-40-37(25-31)35-14-7-11-28-12-8-16-41(46-40)42(28)35/h3-26H,1-2H3. The summed E-state index contributed by atoms with van der Waals surface area (Å²) < 4.78 is 6.41. The third-order valence-corrected chi connectivity index (χ3v) is 10.4. The molecular formula is C45H30O. The van der Waals surface area contributed by atoms with Gasteiger partial charge in [0.15, 0.2) is 0 Å². The molecule has 8 aromatic carbocycles. The van der Waals surface area contributed by atoms with Gasteiger partial charge in [-0.05, 0) is 113 Å². The molecule has 0 amide bonds. The summed E-state index contributed by atoms with van der Waals surface area (Å²) in [6.07, 6.45) is 0. The van der Waals surface area contributed by atoms with Crippen molar-refractivity contribution in [2.24, 2.45) is 0 Å². The van der Waals surface area contributed by atoms with Crippen molar-refractivity contribution in [2.75, 3.05) is 0 Å². The zero-order chi connectivity index (χ0) is 30.6. The Morgan fingerprint density at radius 1 is 0.413 bits per heavy atom. The molecule has 1 aliphatic heterocycles. The highest BCUT2D eigenvalue weighted by atomic mass is 16.5. The predicted molar refractivity (Wildman–Crippen MR) is 193 cm³/mol. The number of hydrogen-bond acceptors (Lipinski definition) is 1. The molecule has 0 bridgehead atoms. The van der Waals surface area contributed by atoms with E-state index in [0.717, 1.165) is 17.1 Å². The second-order valence-electron chi connectivity index (χ2n) is 13.3. The molecule has 216 valence electrons. The van der Waals surface area contributed by atoms with E-state index in [9.17, 15) is 0 Å². The summed E-state index contributed by atoms with van der Waals surface area (Å²) in [5.74, 6) is 1.84. The van der Waals surface area contributed by atoms with Crippen LogP contribution in [0.3, 0.4) is 0 Å². The maximum absolute atomic E-state index is 6.41. The van der Waals surface area contributed by atoms with Crippen LogP contribution in [0.1, 0.15) is 25.0 Å². The molecule has 0 radical (unpaired) electrons. The Balaban J connectivity index is 1.21. The second-order valence-corrected chi connectivity index (χ2v) is 13.3. The number of benzene rings is 8. The summed E-state index contributed by atoms with van der Waals surface area (Å²) in [5.41, 5.74) is 12.8. The lowest BCUT2D eigenvalue weighted by Gasteiger charge is -2.23. The lowest BCUT2D eigenvalue weighted by atomic mass is 9.80. The van der Waals surface area contributed by atoms with Gasteiger partial charge in [0.05, 0.1) is 0 Å². The second kappa shape index (κ2) is 9.19. The van der Waals surface area contributed by atoms with Gasteiger partial charge in [-0.25, -0.2) is 0 Å². The Morgan fingerprint density at radius 3 is 2.02 bits per heavy atom. The molecule has 0 N–H and O–H groups in total. The van der Waals surface area contributed by atoms with Crippen LogP contribution >= 0.6 is 0 Å². The Bertz CT molecular complexity index is 2580. The van der Waals surface area contributed by atoms with Crippen LogP contribution in [0.15, 0.2) is 146 Å². The third kappa shape index (κ3) is 3.51. The largest absolute Gasteiger partial charge is 0.456 e. The molecule has 1 heterocycles. The predicted octanol–water partition coefficient (Wildman–Crippen LogP) is 12.6. The first-order valence-electron chi connectivity index (χ1n) is 16.1. The normalized spacial score (nSPS) is 13.8. The van der Waals surface area contributed by atoms with Crippen molar-refractivity contribution in [2.45, 2.75) is 19.3 Å². The average molecular weight is 587 g/mol. The number of ether oxygens (including phenoxy) is 1. The van der Waals surface area contributed by atoms with E-state index in [1.165, 1.54) is 82.4 Å². The highest BCUT2D eigenvalue weighted by Crippen LogP contribution is 2.55. The van der Waals surface area contributed by atoms with Crippen molar-refractivity contribution in [1.29, 1.82) is 0 Å². The lowest BCUT2D eigenvalue weighted by Crippen LogP contribution is -2.15. The van der Waals surface area contributed by atoms with Crippen molar-refractivity contribution in [3.63, 3.8) is 0 Å². The van der Waals surface area contributed by atoms with Gasteiger partial charge in [-0.2, -0.15) is 0 Å². The molecule has 2 aliphatic rings. The summed E-state index contributed by atoms with van der Waals surface area (Å²) in [6, 6.07) is 53.5. The van der Waals surface area contributed by atoms with E-state index >= 15 is 0 Å². The molecular weight excluding hydrogens is 556 g/mol. The highest BCUT2D eigenvalue weighted by molar-refractivity contribution is 6.10. The van der Waals surface area contributed by atoms with Gasteiger partial charge < -0.3 is 4.74 Å².